The fourth-order valence-corrected chi connectivity index (χ4v) is 5.03. The number of carbonyl (C=O) groups is 2. The number of hydrogen-bond acceptors (Lipinski definition) is 3. The van der Waals surface area contributed by atoms with E-state index in [0.29, 0.717) is 12.1 Å². The van der Waals surface area contributed by atoms with Crippen molar-refractivity contribution in [2.45, 2.75) is 32.2 Å². The molecule has 5 nitrogen and oxygen atoms in total. The molecule has 0 spiro atoms. The third-order valence-corrected chi connectivity index (χ3v) is 6.39. The topological polar surface area (TPSA) is 63.1 Å². The van der Waals surface area contributed by atoms with Gasteiger partial charge in [-0.25, -0.2) is 0 Å². The van der Waals surface area contributed by atoms with E-state index in [9.17, 15) is 9.59 Å². The number of aromatic nitrogens is 1. The van der Waals surface area contributed by atoms with Crippen LogP contribution in [-0.4, -0.2) is 23.4 Å². The van der Waals surface area contributed by atoms with Crippen LogP contribution in [0, 0.1) is 0 Å². The Hall–Kier alpha value is -2.86. The number of nitrogens with one attached hydrogen (secondary N) is 2. The van der Waals surface area contributed by atoms with Gasteiger partial charge in [0.2, 0.25) is 0 Å². The highest BCUT2D eigenvalue weighted by molar-refractivity contribution is 7.15. The van der Waals surface area contributed by atoms with Gasteiger partial charge in [-0.2, -0.15) is 0 Å². The van der Waals surface area contributed by atoms with Crippen molar-refractivity contribution in [3.8, 4) is 5.00 Å². The summed E-state index contributed by atoms with van der Waals surface area (Å²) >= 11 is 1.73. The summed E-state index contributed by atoms with van der Waals surface area (Å²) in [6.07, 6.45) is 8.30. The van der Waals surface area contributed by atoms with Crippen molar-refractivity contribution in [1.29, 1.82) is 0 Å². The molecule has 4 rings (SSSR count). The summed E-state index contributed by atoms with van der Waals surface area (Å²) in [5, 5.41) is 6.68. The molecule has 28 heavy (non-hydrogen) atoms. The lowest BCUT2D eigenvalue weighted by atomic mass is 9.95. The third kappa shape index (κ3) is 3.60. The number of nitrogens with zero attached hydrogens (tertiary/aromatic N) is 1. The minimum absolute atomic E-state index is 0.0477. The lowest BCUT2D eigenvalue weighted by Gasteiger charge is -2.13. The van der Waals surface area contributed by atoms with Crippen molar-refractivity contribution in [3.05, 3.63) is 75.9 Å². The smallest absolute Gasteiger partial charge is 0.254 e. The SMILES string of the molecule is CNC(=O)c1cccc(CNC(=O)c2c(-n3cccc3)sc3c2CCCC3)c1. The fraction of sp³-hybridized carbons (Fsp3) is 0.273. The quantitative estimate of drug-likeness (QED) is 0.694. The first-order valence-electron chi connectivity index (χ1n) is 9.54. The standard InChI is InChI=1S/C22H23N3O2S/c1-23-20(26)16-8-6-7-15(13-16)14-24-21(27)19-17-9-2-3-10-18(17)28-22(19)25-11-4-5-12-25/h4-8,11-13H,2-3,9-10,14H2,1H3,(H,23,26)(H,24,27). The molecular weight excluding hydrogens is 370 g/mol. The van der Waals surface area contributed by atoms with Crippen LogP contribution in [0.15, 0.2) is 48.8 Å². The average molecular weight is 394 g/mol. The molecule has 144 valence electrons. The third-order valence-electron chi connectivity index (χ3n) is 5.09. The number of aryl methyl sites for hydroxylation is 1. The Kier molecular flexibility index (Phi) is 5.30. The summed E-state index contributed by atoms with van der Waals surface area (Å²) in [6, 6.07) is 11.3. The van der Waals surface area contributed by atoms with Gasteiger partial charge in [0, 0.05) is 36.4 Å². The van der Waals surface area contributed by atoms with Gasteiger partial charge in [-0.3, -0.25) is 9.59 Å². The Bertz CT molecular complexity index is 1000. The molecule has 1 aliphatic carbocycles. The first-order valence-corrected chi connectivity index (χ1v) is 10.4. The predicted molar refractivity (Wildman–Crippen MR) is 111 cm³/mol. The molecule has 0 atom stereocenters. The van der Waals surface area contributed by atoms with Crippen LogP contribution in [0.1, 0.15) is 49.6 Å². The Morgan fingerprint density at radius 1 is 1.07 bits per heavy atom. The summed E-state index contributed by atoms with van der Waals surface area (Å²) < 4.78 is 2.03. The van der Waals surface area contributed by atoms with Gasteiger partial charge >= 0.3 is 0 Å². The van der Waals surface area contributed by atoms with E-state index in [1.807, 2.05) is 47.3 Å². The molecule has 6 heteroatoms. The Morgan fingerprint density at radius 2 is 1.86 bits per heavy atom. The van der Waals surface area contributed by atoms with E-state index in [-0.39, 0.29) is 11.8 Å². The highest BCUT2D eigenvalue weighted by Crippen LogP contribution is 2.36. The normalized spacial score (nSPS) is 13.0. The van der Waals surface area contributed by atoms with Gasteiger partial charge in [-0.05, 0) is 61.1 Å². The molecule has 0 aliphatic heterocycles. The Morgan fingerprint density at radius 3 is 2.64 bits per heavy atom. The molecule has 0 bridgehead atoms. The van der Waals surface area contributed by atoms with Crippen LogP contribution < -0.4 is 10.6 Å². The zero-order chi connectivity index (χ0) is 19.5. The molecule has 3 aromatic rings. The summed E-state index contributed by atoms with van der Waals surface area (Å²) in [6.45, 7) is 0.388. The number of rotatable bonds is 5. The van der Waals surface area contributed by atoms with Crippen molar-refractivity contribution in [3.63, 3.8) is 0 Å². The van der Waals surface area contributed by atoms with Gasteiger partial charge in [0.15, 0.2) is 0 Å². The lowest BCUT2D eigenvalue weighted by Crippen LogP contribution is -2.25. The van der Waals surface area contributed by atoms with E-state index in [2.05, 4.69) is 10.6 Å². The van der Waals surface area contributed by atoms with Crippen molar-refractivity contribution < 1.29 is 9.59 Å². The molecule has 2 heterocycles. The van der Waals surface area contributed by atoms with Gasteiger partial charge in [0.05, 0.1) is 5.56 Å². The van der Waals surface area contributed by atoms with Crippen molar-refractivity contribution >= 4 is 23.2 Å². The highest BCUT2D eigenvalue weighted by Gasteiger charge is 2.26. The number of hydrogen-bond donors (Lipinski definition) is 2. The molecule has 1 aliphatic rings. The van der Waals surface area contributed by atoms with Crippen molar-refractivity contribution in [2.24, 2.45) is 0 Å². The second-order valence-electron chi connectivity index (χ2n) is 6.94. The van der Waals surface area contributed by atoms with E-state index in [4.69, 9.17) is 0 Å². The van der Waals surface area contributed by atoms with E-state index in [1.54, 1.807) is 24.5 Å². The van der Waals surface area contributed by atoms with Crippen LogP contribution in [0.2, 0.25) is 0 Å². The van der Waals surface area contributed by atoms with E-state index in [1.165, 1.54) is 16.9 Å². The molecule has 0 radical (unpaired) electrons. The lowest BCUT2D eigenvalue weighted by molar-refractivity contribution is 0.0948. The van der Waals surface area contributed by atoms with Crippen LogP contribution in [-0.2, 0) is 19.4 Å². The zero-order valence-electron chi connectivity index (χ0n) is 15.8. The molecule has 0 saturated heterocycles. The largest absolute Gasteiger partial charge is 0.355 e. The number of fused-ring (bicyclic) bond motifs is 1. The Balaban J connectivity index is 1.59. The predicted octanol–water partition coefficient (Wildman–Crippen LogP) is 3.71. The van der Waals surface area contributed by atoms with Gasteiger partial charge in [-0.1, -0.05) is 12.1 Å². The summed E-state index contributed by atoms with van der Waals surface area (Å²) in [7, 11) is 1.61. The van der Waals surface area contributed by atoms with Gasteiger partial charge in [0.1, 0.15) is 5.00 Å². The number of benzene rings is 1. The van der Waals surface area contributed by atoms with Crippen LogP contribution >= 0.6 is 11.3 Å². The maximum Gasteiger partial charge on any atom is 0.254 e. The maximum atomic E-state index is 13.1. The molecule has 2 amide bonds. The fourth-order valence-electron chi connectivity index (χ4n) is 3.67. The first-order chi connectivity index (χ1) is 13.7. The van der Waals surface area contributed by atoms with Gasteiger partial charge in [-0.15, -0.1) is 11.3 Å². The molecule has 0 fully saturated rings. The highest BCUT2D eigenvalue weighted by atomic mass is 32.1. The molecular formula is C22H23N3O2S. The molecule has 0 unspecified atom stereocenters. The molecule has 2 N–H and O–H groups in total. The number of amides is 2. The molecule has 1 aromatic carbocycles. The monoisotopic (exact) mass is 393 g/mol. The zero-order valence-corrected chi connectivity index (χ0v) is 16.6. The summed E-state index contributed by atoms with van der Waals surface area (Å²) in [4.78, 5) is 26.3. The molecule has 2 aromatic heterocycles. The second-order valence-corrected chi connectivity index (χ2v) is 8.03. The number of carbonyl (C=O) groups excluding carboxylic acids is 2. The van der Waals surface area contributed by atoms with Crippen LogP contribution in [0.5, 0.6) is 0 Å². The van der Waals surface area contributed by atoms with E-state index >= 15 is 0 Å². The van der Waals surface area contributed by atoms with Crippen molar-refractivity contribution in [2.75, 3.05) is 7.05 Å². The van der Waals surface area contributed by atoms with Crippen LogP contribution in [0.3, 0.4) is 0 Å². The first kappa shape index (κ1) is 18.5. The maximum absolute atomic E-state index is 13.1. The number of thiophene rings is 1. The van der Waals surface area contributed by atoms with Crippen molar-refractivity contribution in [1.82, 2.24) is 15.2 Å². The minimum Gasteiger partial charge on any atom is -0.355 e. The van der Waals surface area contributed by atoms with Crippen LogP contribution in [0.25, 0.3) is 5.00 Å². The summed E-state index contributed by atoms with van der Waals surface area (Å²) in [5.74, 6) is -0.177. The van der Waals surface area contributed by atoms with E-state index in [0.717, 1.165) is 35.4 Å². The average Bonchev–Trinajstić information content (AvgIpc) is 3.39. The summed E-state index contributed by atoms with van der Waals surface area (Å²) in [5.41, 5.74) is 3.51. The van der Waals surface area contributed by atoms with Gasteiger partial charge < -0.3 is 15.2 Å². The van der Waals surface area contributed by atoms with E-state index < -0.39 is 0 Å². The molecule has 0 saturated carbocycles. The minimum atomic E-state index is -0.130. The second kappa shape index (κ2) is 8.02. The van der Waals surface area contributed by atoms with Crippen LogP contribution in [0.4, 0.5) is 0 Å². The Labute approximate surface area is 168 Å². The van der Waals surface area contributed by atoms with Gasteiger partial charge in [0.25, 0.3) is 11.8 Å².